The van der Waals surface area contributed by atoms with Gasteiger partial charge in [0.2, 0.25) is 0 Å². The Morgan fingerprint density at radius 3 is 1.30 bits per heavy atom. The number of benzene rings is 1. The van der Waals surface area contributed by atoms with Crippen LogP contribution in [0.1, 0.15) is 153 Å². The summed E-state index contributed by atoms with van der Waals surface area (Å²) in [5.41, 5.74) is 4.14. The number of thioether (sulfide) groups is 3. The molecular formula is C33H60OS3. The van der Waals surface area contributed by atoms with Gasteiger partial charge in [-0.1, -0.05) is 123 Å². The lowest BCUT2D eigenvalue weighted by Gasteiger charge is -2.17. The number of phenolic OH excluding ortho intramolecular Hbond substituents is 1. The van der Waals surface area contributed by atoms with Crippen LogP contribution in [-0.4, -0.2) is 22.4 Å². The number of hydrogen-bond donors (Lipinski definition) is 1. The molecular weight excluding hydrogens is 509 g/mol. The fraction of sp³-hybridized carbons (Fsp3) is 0.818. The standard InChI is InChI=1S/C33H60OS3/c1-4-7-10-13-16-19-24-35-27-30-22-23-33(34)32(29-37-26-21-18-15-12-9-6-3)31(30)28-36-25-20-17-14-11-8-5-2/h22-23,34H,4-21,24-29H2,1-3H3. The smallest absolute Gasteiger partial charge is 0.119 e. The zero-order valence-electron chi connectivity index (χ0n) is 24.8. The molecule has 0 aromatic heterocycles. The van der Waals surface area contributed by atoms with E-state index in [1.807, 2.05) is 17.8 Å². The fourth-order valence-corrected chi connectivity index (χ4v) is 7.93. The third kappa shape index (κ3) is 18.9. The van der Waals surface area contributed by atoms with Crippen molar-refractivity contribution in [3.05, 3.63) is 28.8 Å². The molecule has 1 nitrogen and oxygen atoms in total. The second-order valence-electron chi connectivity index (χ2n) is 10.7. The van der Waals surface area contributed by atoms with E-state index in [0.717, 1.165) is 17.3 Å². The molecule has 37 heavy (non-hydrogen) atoms. The van der Waals surface area contributed by atoms with Crippen LogP contribution in [0.2, 0.25) is 0 Å². The lowest BCUT2D eigenvalue weighted by molar-refractivity contribution is 0.469. The Morgan fingerprint density at radius 2 is 0.838 bits per heavy atom. The molecule has 0 atom stereocenters. The van der Waals surface area contributed by atoms with Crippen LogP contribution >= 0.6 is 35.3 Å². The maximum absolute atomic E-state index is 10.8. The van der Waals surface area contributed by atoms with E-state index >= 15 is 0 Å². The second-order valence-corrected chi connectivity index (χ2v) is 14.0. The molecule has 0 unspecified atom stereocenters. The average molecular weight is 569 g/mol. The molecule has 0 bridgehead atoms. The maximum Gasteiger partial charge on any atom is 0.119 e. The van der Waals surface area contributed by atoms with Crippen LogP contribution in [0.15, 0.2) is 12.1 Å². The van der Waals surface area contributed by atoms with Crippen LogP contribution in [-0.2, 0) is 17.3 Å². The molecule has 0 heterocycles. The zero-order valence-corrected chi connectivity index (χ0v) is 27.2. The van der Waals surface area contributed by atoms with Gasteiger partial charge >= 0.3 is 0 Å². The SMILES string of the molecule is CCCCCCCCSCc1ccc(O)c(CSCCCCCCCC)c1CSCCCCCCCC. The Morgan fingerprint density at radius 1 is 0.459 bits per heavy atom. The fourth-order valence-electron chi connectivity index (χ4n) is 4.69. The van der Waals surface area contributed by atoms with Crippen molar-refractivity contribution in [1.29, 1.82) is 0 Å². The van der Waals surface area contributed by atoms with Crippen LogP contribution in [0.5, 0.6) is 5.75 Å². The molecule has 0 aliphatic heterocycles. The largest absolute Gasteiger partial charge is 0.508 e. The van der Waals surface area contributed by atoms with E-state index in [1.165, 1.54) is 150 Å². The minimum absolute atomic E-state index is 0.523. The Labute approximate surface area is 244 Å². The quantitative estimate of drug-likeness (QED) is 0.106. The van der Waals surface area contributed by atoms with E-state index in [2.05, 4.69) is 50.4 Å². The molecule has 0 spiro atoms. The van der Waals surface area contributed by atoms with E-state index in [1.54, 1.807) is 0 Å². The summed E-state index contributed by atoms with van der Waals surface area (Å²) in [7, 11) is 0. The molecule has 1 N–H and O–H groups in total. The molecule has 0 aliphatic rings. The van der Waals surface area contributed by atoms with E-state index < -0.39 is 0 Å². The number of phenols is 1. The van der Waals surface area contributed by atoms with Crippen molar-refractivity contribution in [1.82, 2.24) is 0 Å². The van der Waals surface area contributed by atoms with Gasteiger partial charge in [0.1, 0.15) is 5.75 Å². The molecule has 0 amide bonds. The van der Waals surface area contributed by atoms with Gasteiger partial charge in [0.05, 0.1) is 0 Å². The van der Waals surface area contributed by atoms with E-state index in [-0.39, 0.29) is 0 Å². The van der Waals surface area contributed by atoms with Crippen LogP contribution < -0.4 is 0 Å². The maximum atomic E-state index is 10.8. The molecule has 0 aliphatic carbocycles. The highest BCUT2D eigenvalue weighted by atomic mass is 32.2. The van der Waals surface area contributed by atoms with Crippen molar-refractivity contribution in [2.45, 2.75) is 154 Å². The van der Waals surface area contributed by atoms with Crippen molar-refractivity contribution in [2.24, 2.45) is 0 Å². The molecule has 1 aromatic carbocycles. The number of rotatable bonds is 27. The van der Waals surface area contributed by atoms with Gasteiger partial charge in [-0.05, 0) is 53.7 Å². The summed E-state index contributed by atoms with van der Waals surface area (Å²) >= 11 is 6.21. The van der Waals surface area contributed by atoms with Crippen molar-refractivity contribution < 1.29 is 5.11 Å². The second kappa shape index (κ2) is 26.3. The first-order valence-corrected chi connectivity index (χ1v) is 19.3. The summed E-state index contributed by atoms with van der Waals surface area (Å²) in [4.78, 5) is 0. The predicted octanol–water partition coefficient (Wildman–Crippen LogP) is 12.2. The van der Waals surface area contributed by atoms with Gasteiger partial charge in [0, 0.05) is 22.8 Å². The van der Waals surface area contributed by atoms with Crippen LogP contribution in [0.3, 0.4) is 0 Å². The first-order valence-electron chi connectivity index (χ1n) is 15.8. The number of aromatic hydroxyl groups is 1. The first kappa shape index (κ1) is 35.1. The highest BCUT2D eigenvalue weighted by Crippen LogP contribution is 2.34. The molecule has 0 fully saturated rings. The highest BCUT2D eigenvalue weighted by molar-refractivity contribution is 7.99. The summed E-state index contributed by atoms with van der Waals surface area (Å²) in [5, 5.41) is 10.8. The normalized spacial score (nSPS) is 11.4. The van der Waals surface area contributed by atoms with E-state index in [4.69, 9.17) is 0 Å². The molecule has 1 rings (SSSR count). The van der Waals surface area contributed by atoms with Crippen LogP contribution in [0, 0.1) is 0 Å². The van der Waals surface area contributed by atoms with Crippen molar-refractivity contribution in [2.75, 3.05) is 17.3 Å². The predicted molar refractivity (Wildman–Crippen MR) is 177 cm³/mol. The Bertz CT molecular complexity index is 634. The summed E-state index contributed by atoms with van der Waals surface area (Å²) in [6.07, 6.45) is 24.6. The van der Waals surface area contributed by atoms with Gasteiger partial charge in [0.15, 0.2) is 0 Å². The van der Waals surface area contributed by atoms with Gasteiger partial charge in [0.25, 0.3) is 0 Å². The van der Waals surface area contributed by atoms with E-state index in [0.29, 0.717) is 5.75 Å². The monoisotopic (exact) mass is 568 g/mol. The Hall–Kier alpha value is 0.0700. The van der Waals surface area contributed by atoms with Gasteiger partial charge in [-0.25, -0.2) is 0 Å². The molecule has 0 saturated carbocycles. The van der Waals surface area contributed by atoms with Crippen molar-refractivity contribution in [3.8, 4) is 5.75 Å². The average Bonchev–Trinajstić information content (AvgIpc) is 2.90. The summed E-state index contributed by atoms with van der Waals surface area (Å²) in [5.74, 6) is 7.36. The van der Waals surface area contributed by atoms with Crippen molar-refractivity contribution in [3.63, 3.8) is 0 Å². The van der Waals surface area contributed by atoms with Crippen molar-refractivity contribution >= 4 is 35.3 Å². The highest BCUT2D eigenvalue weighted by Gasteiger charge is 2.14. The van der Waals surface area contributed by atoms with Gasteiger partial charge in [-0.3, -0.25) is 0 Å². The molecule has 0 saturated heterocycles. The molecule has 1 aromatic rings. The summed E-state index contributed by atoms with van der Waals surface area (Å²) < 4.78 is 0. The number of unbranched alkanes of at least 4 members (excludes halogenated alkanes) is 15. The minimum atomic E-state index is 0.523. The number of hydrogen-bond acceptors (Lipinski definition) is 4. The van der Waals surface area contributed by atoms with Crippen LogP contribution in [0.25, 0.3) is 0 Å². The molecule has 4 heteroatoms. The van der Waals surface area contributed by atoms with Gasteiger partial charge in [-0.15, -0.1) is 0 Å². The topological polar surface area (TPSA) is 20.2 Å². The van der Waals surface area contributed by atoms with Gasteiger partial charge < -0.3 is 5.11 Å². The summed E-state index contributed by atoms with van der Waals surface area (Å²) in [6.45, 7) is 6.86. The minimum Gasteiger partial charge on any atom is -0.508 e. The molecule has 0 radical (unpaired) electrons. The first-order chi connectivity index (χ1) is 18.2. The Kier molecular flexibility index (Phi) is 24.9. The lowest BCUT2D eigenvalue weighted by atomic mass is 10.0. The molecule has 216 valence electrons. The van der Waals surface area contributed by atoms with Gasteiger partial charge in [-0.2, -0.15) is 35.3 Å². The third-order valence-corrected chi connectivity index (χ3v) is 10.4. The summed E-state index contributed by atoms with van der Waals surface area (Å²) in [6, 6.07) is 4.19. The van der Waals surface area contributed by atoms with E-state index in [9.17, 15) is 5.11 Å². The van der Waals surface area contributed by atoms with Crippen LogP contribution in [0.4, 0.5) is 0 Å². The Balaban J connectivity index is 2.57. The zero-order chi connectivity index (χ0) is 26.8. The third-order valence-electron chi connectivity index (χ3n) is 7.18. The lowest BCUT2D eigenvalue weighted by Crippen LogP contribution is -2.00.